The van der Waals surface area contributed by atoms with E-state index in [1.807, 2.05) is 11.4 Å². The van der Waals surface area contributed by atoms with Gasteiger partial charge in [0.25, 0.3) is 0 Å². The number of furan rings is 1. The standard InChI is InChI=1S/C17H15N3O5S/c21-6-12-17(23,11(22)7-25-12)20-15-13(9-3-5-26-16(9)20)14(18-8-19-15)10-2-1-4-24-10/h1-5,8,11-12,21-23H,6-7H2/t11-,12+,17-/m0/s1. The lowest BCUT2D eigenvalue weighted by Gasteiger charge is -2.32. The largest absolute Gasteiger partial charge is 0.463 e. The van der Waals surface area contributed by atoms with Gasteiger partial charge in [-0.3, -0.25) is 4.57 Å². The van der Waals surface area contributed by atoms with E-state index < -0.39 is 24.5 Å². The average Bonchev–Trinajstić information content (AvgIpc) is 3.40. The molecule has 4 aromatic heterocycles. The Kier molecular flexibility index (Phi) is 3.43. The molecule has 134 valence electrons. The van der Waals surface area contributed by atoms with Crippen LogP contribution in [0.4, 0.5) is 0 Å². The molecule has 1 aliphatic heterocycles. The Hall–Kier alpha value is -2.30. The summed E-state index contributed by atoms with van der Waals surface area (Å²) in [6.45, 7) is -0.513. The van der Waals surface area contributed by atoms with Crippen molar-refractivity contribution in [2.75, 3.05) is 13.2 Å². The van der Waals surface area contributed by atoms with Gasteiger partial charge in [0, 0.05) is 5.39 Å². The highest BCUT2D eigenvalue weighted by Gasteiger charge is 2.53. The van der Waals surface area contributed by atoms with Gasteiger partial charge < -0.3 is 24.5 Å². The lowest BCUT2D eigenvalue weighted by Crippen LogP contribution is -2.50. The zero-order valence-corrected chi connectivity index (χ0v) is 14.3. The Labute approximate surface area is 150 Å². The molecular weight excluding hydrogens is 358 g/mol. The second-order valence-corrected chi connectivity index (χ2v) is 7.07. The quantitative estimate of drug-likeness (QED) is 0.496. The summed E-state index contributed by atoms with van der Waals surface area (Å²) in [5, 5.41) is 34.9. The van der Waals surface area contributed by atoms with Gasteiger partial charge in [0.2, 0.25) is 5.72 Å². The first-order valence-corrected chi connectivity index (χ1v) is 8.94. The van der Waals surface area contributed by atoms with Gasteiger partial charge in [-0.1, -0.05) is 0 Å². The van der Waals surface area contributed by atoms with Crippen LogP contribution in [0.3, 0.4) is 0 Å². The van der Waals surface area contributed by atoms with E-state index in [4.69, 9.17) is 9.15 Å². The van der Waals surface area contributed by atoms with Gasteiger partial charge in [0.15, 0.2) is 5.76 Å². The van der Waals surface area contributed by atoms with E-state index in [1.165, 1.54) is 17.7 Å². The molecule has 0 bridgehead atoms. The van der Waals surface area contributed by atoms with E-state index in [0.717, 1.165) is 5.39 Å². The predicted octanol–water partition coefficient (Wildman–Crippen LogP) is 1.30. The molecule has 1 aliphatic rings. The molecule has 3 N–H and O–H groups in total. The molecule has 0 aromatic carbocycles. The first-order chi connectivity index (χ1) is 12.7. The maximum atomic E-state index is 11.4. The fraction of sp³-hybridized carbons (Fsp3) is 0.294. The van der Waals surface area contributed by atoms with Crippen molar-refractivity contribution in [1.82, 2.24) is 14.5 Å². The van der Waals surface area contributed by atoms with Gasteiger partial charge in [-0.25, -0.2) is 9.97 Å². The van der Waals surface area contributed by atoms with Crippen LogP contribution >= 0.6 is 11.3 Å². The molecule has 5 heterocycles. The monoisotopic (exact) mass is 373 g/mol. The minimum Gasteiger partial charge on any atom is -0.463 e. The third-order valence-electron chi connectivity index (χ3n) is 4.85. The number of fused-ring (bicyclic) bond motifs is 3. The molecule has 0 saturated carbocycles. The van der Waals surface area contributed by atoms with Crippen LogP contribution < -0.4 is 0 Å². The Bertz CT molecular complexity index is 1090. The number of hydrogen-bond donors (Lipinski definition) is 3. The number of aromatic nitrogens is 3. The van der Waals surface area contributed by atoms with Crippen LogP contribution in [0.5, 0.6) is 0 Å². The van der Waals surface area contributed by atoms with Crippen molar-refractivity contribution >= 4 is 32.6 Å². The van der Waals surface area contributed by atoms with E-state index >= 15 is 0 Å². The molecule has 5 rings (SSSR count). The van der Waals surface area contributed by atoms with Crippen LogP contribution in [0.1, 0.15) is 0 Å². The van der Waals surface area contributed by atoms with Crippen LogP contribution in [0.2, 0.25) is 0 Å². The van der Waals surface area contributed by atoms with E-state index in [0.29, 0.717) is 27.3 Å². The Morgan fingerprint density at radius 3 is 3.00 bits per heavy atom. The van der Waals surface area contributed by atoms with Gasteiger partial charge >= 0.3 is 0 Å². The van der Waals surface area contributed by atoms with Gasteiger partial charge in [0.05, 0.1) is 24.9 Å². The molecule has 1 fully saturated rings. The van der Waals surface area contributed by atoms with E-state index in [2.05, 4.69) is 9.97 Å². The summed E-state index contributed by atoms with van der Waals surface area (Å²) in [6.07, 6.45) is 0.775. The Balaban J connectivity index is 1.89. The number of aliphatic hydroxyl groups excluding tert-OH is 2. The number of rotatable bonds is 3. The van der Waals surface area contributed by atoms with Crippen LogP contribution in [0.25, 0.3) is 32.7 Å². The lowest BCUT2D eigenvalue weighted by atomic mass is 10.0. The van der Waals surface area contributed by atoms with E-state index in [1.54, 1.807) is 23.0 Å². The summed E-state index contributed by atoms with van der Waals surface area (Å²) < 4.78 is 12.5. The summed E-state index contributed by atoms with van der Waals surface area (Å²) in [7, 11) is 0. The SMILES string of the molecule is OC[C@H]1OC[C@H](O)[C@@]1(O)n1c2ncnc(-c3ccco3)c2c2ccsc21. The van der Waals surface area contributed by atoms with Crippen LogP contribution in [0, 0.1) is 0 Å². The van der Waals surface area contributed by atoms with E-state index in [9.17, 15) is 15.3 Å². The van der Waals surface area contributed by atoms with Crippen molar-refractivity contribution in [1.29, 1.82) is 0 Å². The van der Waals surface area contributed by atoms with Crippen molar-refractivity contribution < 1.29 is 24.5 Å². The maximum Gasteiger partial charge on any atom is 0.201 e. The fourth-order valence-corrected chi connectivity index (χ4v) is 4.60. The smallest absolute Gasteiger partial charge is 0.201 e. The topological polar surface area (TPSA) is 114 Å². The molecule has 0 amide bonds. The molecular formula is C17H15N3O5S. The highest BCUT2D eigenvalue weighted by molar-refractivity contribution is 7.17. The van der Waals surface area contributed by atoms with Gasteiger partial charge in [-0.2, -0.15) is 0 Å². The van der Waals surface area contributed by atoms with Gasteiger partial charge in [-0.05, 0) is 23.6 Å². The highest BCUT2D eigenvalue weighted by atomic mass is 32.1. The van der Waals surface area contributed by atoms with Crippen LogP contribution in [-0.2, 0) is 10.5 Å². The Morgan fingerprint density at radius 2 is 2.23 bits per heavy atom. The number of aliphatic hydroxyl groups is 3. The fourth-order valence-electron chi connectivity index (χ4n) is 3.63. The van der Waals surface area contributed by atoms with Crippen LogP contribution in [-0.4, -0.2) is 55.3 Å². The normalized spacial score (nSPS) is 26.3. The second kappa shape index (κ2) is 5.60. The number of hydrogen-bond acceptors (Lipinski definition) is 8. The molecule has 3 atom stereocenters. The van der Waals surface area contributed by atoms with Crippen molar-refractivity contribution in [2.45, 2.75) is 17.9 Å². The molecule has 0 unspecified atom stereocenters. The third-order valence-corrected chi connectivity index (χ3v) is 5.75. The third kappa shape index (κ3) is 1.91. The summed E-state index contributed by atoms with van der Waals surface area (Å²) in [4.78, 5) is 9.43. The second-order valence-electron chi connectivity index (χ2n) is 6.18. The van der Waals surface area contributed by atoms with Gasteiger partial charge in [0.1, 0.15) is 34.7 Å². The number of nitrogens with zero attached hydrogens (tertiary/aromatic N) is 3. The molecule has 8 nitrogen and oxygen atoms in total. The molecule has 0 spiro atoms. The Morgan fingerprint density at radius 1 is 1.35 bits per heavy atom. The lowest BCUT2D eigenvalue weighted by molar-refractivity contribution is -0.145. The van der Waals surface area contributed by atoms with E-state index in [-0.39, 0.29) is 6.61 Å². The molecule has 0 aliphatic carbocycles. The summed E-state index contributed by atoms with van der Waals surface area (Å²) in [5.74, 6) is 0.580. The molecule has 4 aromatic rings. The van der Waals surface area contributed by atoms with Crippen LogP contribution in [0.15, 0.2) is 40.6 Å². The first kappa shape index (κ1) is 15.9. The number of ether oxygens (including phenoxy) is 1. The molecule has 1 saturated heterocycles. The zero-order chi connectivity index (χ0) is 17.9. The number of thiophene rings is 1. The van der Waals surface area contributed by atoms with Gasteiger partial charge in [-0.15, -0.1) is 11.3 Å². The minimum atomic E-state index is -1.84. The van der Waals surface area contributed by atoms with Crippen molar-refractivity contribution in [3.8, 4) is 11.5 Å². The van der Waals surface area contributed by atoms with Crippen molar-refractivity contribution in [2.24, 2.45) is 0 Å². The summed E-state index contributed by atoms with van der Waals surface area (Å²) >= 11 is 1.40. The summed E-state index contributed by atoms with van der Waals surface area (Å²) in [6, 6.07) is 5.49. The van der Waals surface area contributed by atoms with Crippen molar-refractivity contribution in [3.05, 3.63) is 36.2 Å². The minimum absolute atomic E-state index is 0.0790. The average molecular weight is 373 g/mol. The first-order valence-electron chi connectivity index (χ1n) is 8.06. The molecule has 26 heavy (non-hydrogen) atoms. The predicted molar refractivity (Wildman–Crippen MR) is 93.6 cm³/mol. The molecule has 9 heteroatoms. The zero-order valence-electron chi connectivity index (χ0n) is 13.4. The highest BCUT2D eigenvalue weighted by Crippen LogP contribution is 2.43. The molecule has 0 radical (unpaired) electrons. The van der Waals surface area contributed by atoms with Crippen molar-refractivity contribution in [3.63, 3.8) is 0 Å². The summed E-state index contributed by atoms with van der Waals surface area (Å²) in [5.41, 5.74) is -0.799. The maximum absolute atomic E-state index is 11.4.